The van der Waals surface area contributed by atoms with Crippen LogP contribution in [-0.2, 0) is 9.59 Å². The lowest BCUT2D eigenvalue weighted by molar-refractivity contribution is -0.117. The molecular formula is C15H23N3O2. The van der Waals surface area contributed by atoms with E-state index >= 15 is 0 Å². The molecule has 5 heteroatoms. The molecule has 0 saturated heterocycles. The maximum Gasteiger partial charge on any atom is 0.224 e. The number of carbonyl (C=O) groups is 2. The average Bonchev–Trinajstić information content (AvgIpc) is 2.44. The number of nitrogens with two attached hydrogens (primary N) is 1. The first-order valence-corrected chi connectivity index (χ1v) is 6.98. The minimum absolute atomic E-state index is 0.0531. The van der Waals surface area contributed by atoms with E-state index in [-0.39, 0.29) is 17.7 Å². The molecule has 0 spiro atoms. The predicted molar refractivity (Wildman–Crippen MR) is 81.4 cm³/mol. The van der Waals surface area contributed by atoms with E-state index in [1.165, 1.54) is 0 Å². The van der Waals surface area contributed by atoms with Gasteiger partial charge in [-0.25, -0.2) is 0 Å². The molecule has 2 amide bonds. The fourth-order valence-corrected chi connectivity index (χ4v) is 1.79. The number of nitrogens with one attached hydrogen (secondary N) is 2. The Morgan fingerprint density at radius 1 is 1.15 bits per heavy atom. The molecule has 0 fully saturated rings. The summed E-state index contributed by atoms with van der Waals surface area (Å²) in [6.45, 7) is 4.32. The number of amides is 2. The molecule has 1 aromatic carbocycles. The highest BCUT2D eigenvalue weighted by Gasteiger charge is 2.10. The zero-order valence-corrected chi connectivity index (χ0v) is 12.1. The minimum atomic E-state index is -0.0544. The van der Waals surface area contributed by atoms with Gasteiger partial charge in [0.1, 0.15) is 0 Å². The van der Waals surface area contributed by atoms with Gasteiger partial charge in [-0.15, -0.1) is 0 Å². The lowest BCUT2D eigenvalue weighted by Crippen LogP contribution is -2.21. The molecule has 4 N–H and O–H groups in total. The fraction of sp³-hybridized carbons (Fsp3) is 0.467. The molecular weight excluding hydrogens is 254 g/mol. The number of anilines is 2. The van der Waals surface area contributed by atoms with Gasteiger partial charge in [0.05, 0.1) is 0 Å². The van der Waals surface area contributed by atoms with Crippen molar-refractivity contribution in [2.75, 3.05) is 17.2 Å². The molecule has 0 aliphatic rings. The Bertz CT molecular complexity index is 456. The maximum absolute atomic E-state index is 11.9. The molecule has 1 aromatic rings. The van der Waals surface area contributed by atoms with E-state index in [0.29, 0.717) is 30.8 Å². The highest BCUT2D eigenvalue weighted by atomic mass is 16.2. The van der Waals surface area contributed by atoms with Crippen LogP contribution in [0.4, 0.5) is 11.4 Å². The molecule has 110 valence electrons. The van der Waals surface area contributed by atoms with Gasteiger partial charge in [0, 0.05) is 24.2 Å². The van der Waals surface area contributed by atoms with Gasteiger partial charge < -0.3 is 16.4 Å². The zero-order valence-electron chi connectivity index (χ0n) is 12.1. The normalized spacial score (nSPS) is 11.8. The molecule has 20 heavy (non-hydrogen) atoms. The predicted octanol–water partition coefficient (Wildman–Crippen LogP) is 2.35. The van der Waals surface area contributed by atoms with Gasteiger partial charge in [0.15, 0.2) is 0 Å². The quantitative estimate of drug-likeness (QED) is 0.715. The van der Waals surface area contributed by atoms with Crippen LogP contribution in [0.25, 0.3) is 0 Å². The number of carbonyl (C=O) groups excluding carboxylic acids is 2. The summed E-state index contributed by atoms with van der Waals surface area (Å²) in [7, 11) is 0. The van der Waals surface area contributed by atoms with E-state index in [1.807, 2.05) is 6.92 Å². The Hall–Kier alpha value is -1.88. The zero-order chi connectivity index (χ0) is 15.0. The Morgan fingerprint density at radius 2 is 1.75 bits per heavy atom. The van der Waals surface area contributed by atoms with Gasteiger partial charge in [-0.2, -0.15) is 0 Å². The van der Waals surface area contributed by atoms with Gasteiger partial charge >= 0.3 is 0 Å². The summed E-state index contributed by atoms with van der Waals surface area (Å²) in [5.41, 5.74) is 6.95. The van der Waals surface area contributed by atoms with Crippen LogP contribution in [0.1, 0.15) is 33.1 Å². The molecule has 0 radical (unpaired) electrons. The topological polar surface area (TPSA) is 84.2 Å². The van der Waals surface area contributed by atoms with Gasteiger partial charge in [-0.05, 0) is 30.7 Å². The summed E-state index contributed by atoms with van der Waals surface area (Å²) < 4.78 is 0. The molecule has 0 heterocycles. The lowest BCUT2D eigenvalue weighted by atomic mass is 10.0. The van der Waals surface area contributed by atoms with Gasteiger partial charge in [-0.3, -0.25) is 9.59 Å². The summed E-state index contributed by atoms with van der Waals surface area (Å²) in [4.78, 5) is 23.2. The van der Waals surface area contributed by atoms with Crippen molar-refractivity contribution in [3.8, 4) is 0 Å². The second-order valence-corrected chi connectivity index (χ2v) is 4.74. The molecule has 0 aliphatic heterocycles. The average molecular weight is 277 g/mol. The summed E-state index contributed by atoms with van der Waals surface area (Å²) in [5.74, 6) is 0.0990. The number of benzene rings is 1. The first kappa shape index (κ1) is 16.2. The Labute approximate surface area is 119 Å². The Kier molecular flexibility index (Phi) is 6.73. The lowest BCUT2D eigenvalue weighted by Gasteiger charge is -2.12. The highest BCUT2D eigenvalue weighted by Crippen LogP contribution is 2.16. The SMILES string of the molecule is CCC(=O)Nc1cccc(NC(=O)CC(CC)CN)c1. The van der Waals surface area contributed by atoms with E-state index in [1.54, 1.807) is 31.2 Å². The van der Waals surface area contributed by atoms with Gasteiger partial charge in [0.25, 0.3) is 0 Å². The molecule has 0 aromatic heterocycles. The Balaban J connectivity index is 2.61. The van der Waals surface area contributed by atoms with E-state index < -0.39 is 0 Å². The molecule has 0 aliphatic carbocycles. The van der Waals surface area contributed by atoms with Crippen molar-refractivity contribution in [1.29, 1.82) is 0 Å². The van der Waals surface area contributed by atoms with Crippen molar-refractivity contribution in [3.05, 3.63) is 24.3 Å². The van der Waals surface area contributed by atoms with Crippen molar-refractivity contribution in [1.82, 2.24) is 0 Å². The first-order chi connectivity index (χ1) is 9.58. The smallest absolute Gasteiger partial charge is 0.224 e. The van der Waals surface area contributed by atoms with Crippen LogP contribution in [0.2, 0.25) is 0 Å². The Morgan fingerprint density at radius 3 is 2.25 bits per heavy atom. The third-order valence-electron chi connectivity index (χ3n) is 3.14. The molecule has 0 bridgehead atoms. The van der Waals surface area contributed by atoms with Gasteiger partial charge in [-0.1, -0.05) is 26.3 Å². The number of hydrogen-bond donors (Lipinski definition) is 3. The summed E-state index contributed by atoms with van der Waals surface area (Å²) >= 11 is 0. The second kappa shape index (κ2) is 8.32. The third-order valence-corrected chi connectivity index (χ3v) is 3.14. The summed E-state index contributed by atoms with van der Waals surface area (Å²) in [6.07, 6.45) is 1.72. The van der Waals surface area contributed by atoms with E-state index in [9.17, 15) is 9.59 Å². The van der Waals surface area contributed by atoms with Crippen molar-refractivity contribution in [3.63, 3.8) is 0 Å². The number of rotatable bonds is 7. The largest absolute Gasteiger partial charge is 0.330 e. The number of hydrogen-bond acceptors (Lipinski definition) is 3. The van der Waals surface area contributed by atoms with Crippen LogP contribution in [0.15, 0.2) is 24.3 Å². The van der Waals surface area contributed by atoms with Crippen molar-refractivity contribution < 1.29 is 9.59 Å². The summed E-state index contributed by atoms with van der Waals surface area (Å²) in [6, 6.07) is 7.12. The van der Waals surface area contributed by atoms with Crippen LogP contribution in [-0.4, -0.2) is 18.4 Å². The van der Waals surface area contributed by atoms with Gasteiger partial charge in [0.2, 0.25) is 11.8 Å². The first-order valence-electron chi connectivity index (χ1n) is 6.98. The third kappa shape index (κ3) is 5.40. The molecule has 1 rings (SSSR count). The molecule has 1 atom stereocenters. The van der Waals surface area contributed by atoms with Crippen LogP contribution in [0.5, 0.6) is 0 Å². The molecule has 5 nitrogen and oxygen atoms in total. The minimum Gasteiger partial charge on any atom is -0.330 e. The van der Waals surface area contributed by atoms with E-state index in [0.717, 1.165) is 6.42 Å². The molecule has 1 unspecified atom stereocenters. The van der Waals surface area contributed by atoms with Crippen molar-refractivity contribution in [2.24, 2.45) is 11.7 Å². The van der Waals surface area contributed by atoms with Crippen molar-refractivity contribution >= 4 is 23.2 Å². The molecule has 0 saturated carbocycles. The van der Waals surface area contributed by atoms with Crippen molar-refractivity contribution in [2.45, 2.75) is 33.1 Å². The van der Waals surface area contributed by atoms with Crippen LogP contribution in [0.3, 0.4) is 0 Å². The monoisotopic (exact) mass is 277 g/mol. The standard InChI is InChI=1S/C15H23N3O2/c1-3-11(10-16)8-15(20)18-13-7-5-6-12(9-13)17-14(19)4-2/h5-7,9,11H,3-4,8,10,16H2,1-2H3,(H,17,19)(H,18,20). The second-order valence-electron chi connectivity index (χ2n) is 4.74. The van der Waals surface area contributed by atoms with E-state index in [2.05, 4.69) is 10.6 Å². The van der Waals surface area contributed by atoms with Crippen LogP contribution in [0, 0.1) is 5.92 Å². The maximum atomic E-state index is 11.9. The fourth-order valence-electron chi connectivity index (χ4n) is 1.79. The van der Waals surface area contributed by atoms with Crippen LogP contribution >= 0.6 is 0 Å². The summed E-state index contributed by atoms with van der Waals surface area (Å²) in [5, 5.41) is 5.59. The highest BCUT2D eigenvalue weighted by molar-refractivity contribution is 5.94. The van der Waals surface area contributed by atoms with Crippen LogP contribution < -0.4 is 16.4 Å². The van der Waals surface area contributed by atoms with E-state index in [4.69, 9.17) is 5.73 Å².